The Bertz CT molecular complexity index is 704. The normalized spacial score (nSPS) is 14.4. The van der Waals surface area contributed by atoms with Gasteiger partial charge in [-0.2, -0.15) is 0 Å². The molecular formula is C22H33N3O5. The minimum atomic E-state index is -0.603. The number of benzene rings is 1. The third-order valence-electron chi connectivity index (χ3n) is 4.48. The molecule has 1 aliphatic heterocycles. The van der Waals surface area contributed by atoms with Gasteiger partial charge in [0.15, 0.2) is 6.61 Å². The van der Waals surface area contributed by atoms with E-state index in [1.54, 1.807) is 20.8 Å². The van der Waals surface area contributed by atoms with Gasteiger partial charge in [0, 0.05) is 31.0 Å². The van der Waals surface area contributed by atoms with Crippen LogP contribution in [0.4, 0.5) is 16.2 Å². The fourth-order valence-corrected chi connectivity index (χ4v) is 3.08. The number of anilines is 2. The molecule has 8 heteroatoms. The van der Waals surface area contributed by atoms with E-state index in [0.29, 0.717) is 5.69 Å². The molecule has 0 atom stereocenters. The summed E-state index contributed by atoms with van der Waals surface area (Å²) in [6, 6.07) is 7.69. The molecule has 1 fully saturated rings. The van der Waals surface area contributed by atoms with E-state index in [0.717, 1.165) is 18.8 Å². The quantitative estimate of drug-likeness (QED) is 0.657. The van der Waals surface area contributed by atoms with Crippen LogP contribution < -0.4 is 15.5 Å². The van der Waals surface area contributed by atoms with E-state index < -0.39 is 23.6 Å². The summed E-state index contributed by atoms with van der Waals surface area (Å²) in [7, 11) is 0. The van der Waals surface area contributed by atoms with Gasteiger partial charge >= 0.3 is 12.1 Å². The maximum absolute atomic E-state index is 12.0. The van der Waals surface area contributed by atoms with Crippen molar-refractivity contribution in [1.82, 2.24) is 5.32 Å². The highest BCUT2D eigenvalue weighted by Gasteiger charge is 2.16. The largest absolute Gasteiger partial charge is 0.456 e. The van der Waals surface area contributed by atoms with E-state index in [-0.39, 0.29) is 19.6 Å². The van der Waals surface area contributed by atoms with E-state index in [2.05, 4.69) is 15.5 Å². The Labute approximate surface area is 178 Å². The highest BCUT2D eigenvalue weighted by atomic mass is 16.6. The zero-order chi connectivity index (χ0) is 22.0. The molecule has 166 valence electrons. The molecule has 1 aliphatic rings. The van der Waals surface area contributed by atoms with E-state index >= 15 is 0 Å². The topological polar surface area (TPSA) is 97.0 Å². The van der Waals surface area contributed by atoms with Crippen molar-refractivity contribution in [2.24, 2.45) is 0 Å². The van der Waals surface area contributed by atoms with Gasteiger partial charge in [-0.25, -0.2) is 4.79 Å². The molecule has 0 unspecified atom stereocenters. The first-order valence-electron chi connectivity index (χ1n) is 10.5. The van der Waals surface area contributed by atoms with Crippen LogP contribution in [0.5, 0.6) is 0 Å². The van der Waals surface area contributed by atoms with Crippen LogP contribution in [-0.4, -0.2) is 49.8 Å². The molecule has 8 nitrogen and oxygen atoms in total. The highest BCUT2D eigenvalue weighted by Crippen LogP contribution is 2.21. The average molecular weight is 420 g/mol. The molecule has 0 spiro atoms. The maximum Gasteiger partial charge on any atom is 0.407 e. The van der Waals surface area contributed by atoms with Gasteiger partial charge in [0.2, 0.25) is 0 Å². The number of esters is 1. The number of nitrogens with one attached hydrogen (secondary N) is 2. The highest BCUT2D eigenvalue weighted by molar-refractivity contribution is 5.93. The molecule has 2 rings (SSSR count). The maximum atomic E-state index is 12.0. The first-order valence-corrected chi connectivity index (χ1v) is 10.5. The second-order valence-electron chi connectivity index (χ2n) is 8.34. The van der Waals surface area contributed by atoms with E-state index in [4.69, 9.17) is 9.47 Å². The van der Waals surface area contributed by atoms with Gasteiger partial charge < -0.3 is 25.0 Å². The number of ether oxygens (including phenoxy) is 2. The van der Waals surface area contributed by atoms with Crippen LogP contribution in [0.3, 0.4) is 0 Å². The molecule has 0 saturated carbocycles. The van der Waals surface area contributed by atoms with E-state index in [1.807, 2.05) is 24.3 Å². The van der Waals surface area contributed by atoms with Crippen LogP contribution in [0.25, 0.3) is 0 Å². The van der Waals surface area contributed by atoms with Crippen molar-refractivity contribution in [1.29, 1.82) is 0 Å². The molecule has 1 aromatic carbocycles. The number of nitrogens with zero attached hydrogens (tertiary/aromatic N) is 1. The lowest BCUT2D eigenvalue weighted by molar-refractivity contribution is -0.147. The molecule has 2 amide bonds. The Morgan fingerprint density at radius 2 is 1.63 bits per heavy atom. The van der Waals surface area contributed by atoms with Gasteiger partial charge in [0.25, 0.3) is 5.91 Å². The Morgan fingerprint density at radius 1 is 1.00 bits per heavy atom. The van der Waals surface area contributed by atoms with Crippen LogP contribution in [-0.2, 0) is 19.1 Å². The Kier molecular flexibility index (Phi) is 8.95. The summed E-state index contributed by atoms with van der Waals surface area (Å²) in [5.74, 6) is -0.983. The SMILES string of the molecule is CC(C)(C)OC(=O)NCCC(=O)OCC(=O)Nc1ccc(N2CCCCCC2)cc1. The van der Waals surface area contributed by atoms with Crippen molar-refractivity contribution in [3.05, 3.63) is 24.3 Å². The van der Waals surface area contributed by atoms with Crippen LogP contribution in [0.15, 0.2) is 24.3 Å². The molecule has 0 aliphatic carbocycles. The Hall–Kier alpha value is -2.77. The average Bonchev–Trinajstić information content (AvgIpc) is 2.95. The summed E-state index contributed by atoms with van der Waals surface area (Å²) < 4.78 is 10.0. The van der Waals surface area contributed by atoms with Crippen LogP contribution in [0.1, 0.15) is 52.9 Å². The minimum absolute atomic E-state index is 0.0446. The lowest BCUT2D eigenvalue weighted by Gasteiger charge is -2.22. The smallest absolute Gasteiger partial charge is 0.407 e. The number of hydrogen-bond donors (Lipinski definition) is 2. The van der Waals surface area contributed by atoms with Crippen LogP contribution >= 0.6 is 0 Å². The third-order valence-corrected chi connectivity index (χ3v) is 4.48. The molecule has 1 saturated heterocycles. The van der Waals surface area contributed by atoms with E-state index in [1.165, 1.54) is 25.7 Å². The zero-order valence-corrected chi connectivity index (χ0v) is 18.2. The van der Waals surface area contributed by atoms with Crippen LogP contribution in [0, 0.1) is 0 Å². The number of amides is 2. The van der Waals surface area contributed by atoms with E-state index in [9.17, 15) is 14.4 Å². The zero-order valence-electron chi connectivity index (χ0n) is 18.2. The van der Waals surface area contributed by atoms with Crippen molar-refractivity contribution in [3.8, 4) is 0 Å². The van der Waals surface area contributed by atoms with Crippen molar-refractivity contribution in [3.63, 3.8) is 0 Å². The van der Waals surface area contributed by atoms with Crippen molar-refractivity contribution in [2.45, 2.75) is 58.5 Å². The van der Waals surface area contributed by atoms with Crippen molar-refractivity contribution in [2.75, 3.05) is 36.5 Å². The monoisotopic (exact) mass is 419 g/mol. The van der Waals surface area contributed by atoms with Crippen molar-refractivity contribution >= 4 is 29.3 Å². The molecule has 1 aromatic rings. The summed E-state index contributed by atoms with van der Waals surface area (Å²) in [6.45, 7) is 7.08. The van der Waals surface area contributed by atoms with Gasteiger partial charge in [-0.05, 0) is 57.9 Å². The van der Waals surface area contributed by atoms with Crippen LogP contribution in [0.2, 0.25) is 0 Å². The second-order valence-corrected chi connectivity index (χ2v) is 8.34. The molecule has 0 bridgehead atoms. The van der Waals surface area contributed by atoms with Gasteiger partial charge in [0.1, 0.15) is 5.60 Å². The predicted molar refractivity (Wildman–Crippen MR) is 116 cm³/mol. The fraction of sp³-hybridized carbons (Fsp3) is 0.591. The van der Waals surface area contributed by atoms with Gasteiger partial charge in [-0.1, -0.05) is 12.8 Å². The number of rotatable bonds is 7. The Balaban J connectivity index is 1.66. The number of hydrogen-bond acceptors (Lipinski definition) is 6. The predicted octanol–water partition coefficient (Wildman–Crippen LogP) is 3.46. The summed E-state index contributed by atoms with van der Waals surface area (Å²) in [4.78, 5) is 37.6. The second kappa shape index (κ2) is 11.4. The standard InChI is InChI=1S/C22H33N3O5/c1-22(2,3)30-21(28)23-13-12-20(27)29-16-19(26)24-17-8-10-18(11-9-17)25-14-6-4-5-7-15-25/h8-11H,4-7,12-16H2,1-3H3,(H,23,28)(H,24,26). The number of alkyl carbamates (subject to hydrolysis) is 1. The summed E-state index contributed by atoms with van der Waals surface area (Å²) in [6.07, 6.45) is 4.32. The molecule has 0 radical (unpaired) electrons. The lowest BCUT2D eigenvalue weighted by Crippen LogP contribution is -2.34. The first-order chi connectivity index (χ1) is 14.2. The van der Waals surface area contributed by atoms with Crippen molar-refractivity contribution < 1.29 is 23.9 Å². The lowest BCUT2D eigenvalue weighted by atomic mass is 10.2. The van der Waals surface area contributed by atoms with Gasteiger partial charge in [-0.15, -0.1) is 0 Å². The van der Waals surface area contributed by atoms with Gasteiger partial charge in [-0.3, -0.25) is 9.59 Å². The molecule has 2 N–H and O–H groups in total. The third kappa shape index (κ3) is 9.15. The molecular weight excluding hydrogens is 386 g/mol. The summed E-state index contributed by atoms with van der Waals surface area (Å²) >= 11 is 0. The van der Waals surface area contributed by atoms with Gasteiger partial charge in [0.05, 0.1) is 6.42 Å². The Morgan fingerprint density at radius 3 is 2.23 bits per heavy atom. The summed E-state index contributed by atoms with van der Waals surface area (Å²) in [5, 5.41) is 5.18. The first kappa shape index (κ1) is 23.5. The number of carbonyl (C=O) groups excluding carboxylic acids is 3. The molecule has 0 aromatic heterocycles. The number of carbonyl (C=O) groups is 3. The molecule has 30 heavy (non-hydrogen) atoms. The molecule has 1 heterocycles. The minimum Gasteiger partial charge on any atom is -0.456 e. The fourth-order valence-electron chi connectivity index (χ4n) is 3.08. The summed E-state index contributed by atoms with van der Waals surface area (Å²) in [5.41, 5.74) is 1.20.